The zero-order valence-corrected chi connectivity index (χ0v) is 14.2. The van der Waals surface area contributed by atoms with Gasteiger partial charge in [-0.15, -0.1) is 0 Å². The van der Waals surface area contributed by atoms with E-state index in [1.165, 1.54) is 0 Å². The van der Waals surface area contributed by atoms with Crippen molar-refractivity contribution in [1.29, 1.82) is 0 Å². The molecule has 0 aliphatic carbocycles. The number of ketones is 1. The van der Waals surface area contributed by atoms with Gasteiger partial charge in [-0.2, -0.15) is 0 Å². The summed E-state index contributed by atoms with van der Waals surface area (Å²) in [4.78, 5) is 37.4. The van der Waals surface area contributed by atoms with Crippen LogP contribution in [0, 0.1) is 5.92 Å². The number of likely N-dealkylation sites (N-methyl/N-ethyl adjacent to an activating group) is 1. The molecule has 0 saturated carbocycles. The first-order chi connectivity index (χ1) is 10.1. The second-order valence-electron chi connectivity index (χ2n) is 6.71. The zero-order chi connectivity index (χ0) is 16.9. The fraction of sp³-hybridized carbons (Fsp3) is 0.812. The Balaban J connectivity index is 2.53. The van der Waals surface area contributed by atoms with Crippen molar-refractivity contribution in [2.75, 3.05) is 20.2 Å². The molecule has 0 aromatic heterocycles. The third-order valence-electron chi connectivity index (χ3n) is 3.59. The number of piperidine rings is 1. The molecule has 0 aromatic carbocycles. The van der Waals surface area contributed by atoms with Crippen molar-refractivity contribution >= 4 is 17.7 Å². The van der Waals surface area contributed by atoms with Crippen LogP contribution in [0.1, 0.15) is 47.0 Å². The summed E-state index contributed by atoms with van der Waals surface area (Å²) in [5, 5.41) is 0. The van der Waals surface area contributed by atoms with Crippen molar-refractivity contribution in [1.82, 2.24) is 4.90 Å². The highest BCUT2D eigenvalue weighted by Gasteiger charge is 2.36. The molecule has 0 amide bonds. The molecule has 0 N–H and O–H groups in total. The maximum Gasteiger partial charge on any atom is 0.323 e. The molecule has 1 aliphatic heterocycles. The van der Waals surface area contributed by atoms with E-state index in [4.69, 9.17) is 9.47 Å². The largest absolute Gasteiger partial charge is 0.466 e. The van der Waals surface area contributed by atoms with Gasteiger partial charge in [0, 0.05) is 12.5 Å². The standard InChI is InChI=1S/C16H27NO5/c1-6-21-14(19)9-13(18)11-7-8-12(17(5)10-11)15(20)22-16(2,3)4/h11-12H,6-10H2,1-5H3. The minimum Gasteiger partial charge on any atom is -0.466 e. The Morgan fingerprint density at radius 2 is 1.82 bits per heavy atom. The SMILES string of the molecule is CCOC(=O)CC(=O)C1CCC(C(=O)OC(C)(C)C)N(C)C1. The van der Waals surface area contributed by atoms with Gasteiger partial charge in [0.1, 0.15) is 23.8 Å². The summed E-state index contributed by atoms with van der Waals surface area (Å²) in [6.45, 7) is 7.94. The van der Waals surface area contributed by atoms with Crippen LogP contribution in [0.2, 0.25) is 0 Å². The molecule has 6 nitrogen and oxygen atoms in total. The molecule has 1 rings (SSSR count). The predicted molar refractivity (Wildman–Crippen MR) is 81.2 cm³/mol. The monoisotopic (exact) mass is 313 g/mol. The van der Waals surface area contributed by atoms with Gasteiger partial charge in [0.2, 0.25) is 0 Å². The van der Waals surface area contributed by atoms with Crippen LogP contribution >= 0.6 is 0 Å². The van der Waals surface area contributed by atoms with E-state index in [0.717, 1.165) is 0 Å². The number of hydrogen-bond donors (Lipinski definition) is 0. The van der Waals surface area contributed by atoms with E-state index in [0.29, 0.717) is 19.4 Å². The van der Waals surface area contributed by atoms with Gasteiger partial charge < -0.3 is 9.47 Å². The minimum absolute atomic E-state index is 0.118. The number of rotatable bonds is 5. The first kappa shape index (κ1) is 18.6. The van der Waals surface area contributed by atoms with E-state index in [9.17, 15) is 14.4 Å². The third-order valence-corrected chi connectivity index (χ3v) is 3.59. The molecule has 1 aliphatic rings. The fourth-order valence-electron chi connectivity index (χ4n) is 2.57. The van der Waals surface area contributed by atoms with Gasteiger partial charge in [0.25, 0.3) is 0 Å². The van der Waals surface area contributed by atoms with E-state index < -0.39 is 11.6 Å². The molecule has 6 heteroatoms. The molecule has 126 valence electrons. The van der Waals surface area contributed by atoms with E-state index >= 15 is 0 Å². The summed E-state index contributed by atoms with van der Waals surface area (Å²) in [5.41, 5.74) is -0.519. The van der Waals surface area contributed by atoms with Crippen LogP contribution in [0.15, 0.2) is 0 Å². The van der Waals surface area contributed by atoms with Gasteiger partial charge in [0.05, 0.1) is 6.61 Å². The highest BCUT2D eigenvalue weighted by Crippen LogP contribution is 2.24. The lowest BCUT2D eigenvalue weighted by Gasteiger charge is -2.36. The number of nitrogens with zero attached hydrogens (tertiary/aromatic N) is 1. The lowest BCUT2D eigenvalue weighted by molar-refractivity contribution is -0.163. The van der Waals surface area contributed by atoms with Gasteiger partial charge in [-0.05, 0) is 47.6 Å². The molecule has 0 spiro atoms. The molecule has 0 bridgehead atoms. The van der Waals surface area contributed by atoms with Crippen molar-refractivity contribution in [3.8, 4) is 0 Å². The maximum absolute atomic E-state index is 12.1. The van der Waals surface area contributed by atoms with Crippen LogP contribution in [-0.2, 0) is 23.9 Å². The van der Waals surface area contributed by atoms with Gasteiger partial charge in [-0.25, -0.2) is 0 Å². The Kier molecular flexibility index (Phi) is 6.53. The average molecular weight is 313 g/mol. The van der Waals surface area contributed by atoms with Crippen molar-refractivity contribution in [3.63, 3.8) is 0 Å². The third kappa shape index (κ3) is 5.75. The molecule has 22 heavy (non-hydrogen) atoms. The summed E-state index contributed by atoms with van der Waals surface area (Å²) in [7, 11) is 1.80. The molecule has 1 heterocycles. The highest BCUT2D eigenvalue weighted by molar-refractivity contribution is 5.97. The second kappa shape index (κ2) is 7.72. The number of hydrogen-bond acceptors (Lipinski definition) is 6. The van der Waals surface area contributed by atoms with Crippen LogP contribution in [0.25, 0.3) is 0 Å². The second-order valence-corrected chi connectivity index (χ2v) is 6.71. The first-order valence-electron chi connectivity index (χ1n) is 7.75. The number of likely N-dealkylation sites (tertiary alicyclic amines) is 1. The molecule has 0 aromatic rings. The average Bonchev–Trinajstić information content (AvgIpc) is 2.36. The van der Waals surface area contributed by atoms with Gasteiger partial charge in [0.15, 0.2) is 0 Å². The quantitative estimate of drug-likeness (QED) is 0.566. The van der Waals surface area contributed by atoms with Gasteiger partial charge >= 0.3 is 11.9 Å². The summed E-state index contributed by atoms with van der Waals surface area (Å²) < 4.78 is 10.2. The van der Waals surface area contributed by atoms with Crippen LogP contribution in [0.3, 0.4) is 0 Å². The fourth-order valence-corrected chi connectivity index (χ4v) is 2.57. The number of carbonyl (C=O) groups is 3. The number of Topliss-reactive ketones (excluding diaryl/α,β-unsaturated/α-hetero) is 1. The molecular formula is C16H27NO5. The van der Waals surface area contributed by atoms with E-state index in [1.54, 1.807) is 14.0 Å². The zero-order valence-electron chi connectivity index (χ0n) is 14.2. The summed E-state index contributed by atoms with van der Waals surface area (Å²) in [5.74, 6) is -1.09. The lowest BCUT2D eigenvalue weighted by atomic mass is 9.88. The Morgan fingerprint density at radius 1 is 1.18 bits per heavy atom. The topological polar surface area (TPSA) is 72.9 Å². The van der Waals surface area contributed by atoms with Crippen molar-refractivity contribution in [2.45, 2.75) is 58.6 Å². The number of esters is 2. The normalized spacial score (nSPS) is 23.0. The molecule has 2 atom stereocenters. The van der Waals surface area contributed by atoms with E-state index in [1.807, 2.05) is 25.7 Å². The van der Waals surface area contributed by atoms with Crippen molar-refractivity contribution < 1.29 is 23.9 Å². The summed E-state index contributed by atoms with van der Waals surface area (Å²) in [6, 6.07) is -0.328. The molecular weight excluding hydrogens is 286 g/mol. The van der Waals surface area contributed by atoms with Crippen molar-refractivity contribution in [3.05, 3.63) is 0 Å². The summed E-state index contributed by atoms with van der Waals surface area (Å²) >= 11 is 0. The lowest BCUT2D eigenvalue weighted by Crippen LogP contribution is -2.49. The van der Waals surface area contributed by atoms with Crippen LogP contribution < -0.4 is 0 Å². The Hall–Kier alpha value is -1.43. The van der Waals surface area contributed by atoms with Gasteiger partial charge in [-0.1, -0.05) is 0 Å². The maximum atomic E-state index is 12.1. The van der Waals surface area contributed by atoms with Crippen molar-refractivity contribution in [2.24, 2.45) is 5.92 Å². The van der Waals surface area contributed by atoms with Crippen LogP contribution in [-0.4, -0.2) is 54.5 Å². The van der Waals surface area contributed by atoms with E-state index in [2.05, 4.69) is 0 Å². The Morgan fingerprint density at radius 3 is 2.32 bits per heavy atom. The van der Waals surface area contributed by atoms with Crippen LogP contribution in [0.5, 0.6) is 0 Å². The smallest absolute Gasteiger partial charge is 0.323 e. The van der Waals surface area contributed by atoms with E-state index in [-0.39, 0.29) is 36.7 Å². The Bertz CT molecular complexity index is 427. The number of carbonyl (C=O) groups excluding carboxylic acids is 3. The molecule has 2 unspecified atom stereocenters. The summed E-state index contributed by atoms with van der Waals surface area (Å²) in [6.07, 6.45) is 0.959. The number of ether oxygens (including phenoxy) is 2. The molecule has 1 saturated heterocycles. The highest BCUT2D eigenvalue weighted by atomic mass is 16.6. The molecule has 1 fully saturated rings. The predicted octanol–water partition coefficient (Wildman–Crippen LogP) is 1.56. The first-order valence-corrected chi connectivity index (χ1v) is 7.75. The van der Waals surface area contributed by atoms with Gasteiger partial charge in [-0.3, -0.25) is 19.3 Å². The van der Waals surface area contributed by atoms with Crippen LogP contribution in [0.4, 0.5) is 0 Å². The molecule has 0 radical (unpaired) electrons. The Labute approximate surface area is 132 Å². The minimum atomic E-state index is -0.519.